The van der Waals surface area contributed by atoms with Crippen LogP contribution in [0.2, 0.25) is 0 Å². The molecule has 3 heterocycles. The number of likely N-dealkylation sites (tertiary alicyclic amines) is 1. The van der Waals surface area contributed by atoms with E-state index in [1.165, 1.54) is 37.1 Å². The highest BCUT2D eigenvalue weighted by molar-refractivity contribution is 5.87. The number of carbonyl (C=O) groups is 1. The number of aromatic nitrogens is 3. The Morgan fingerprint density at radius 2 is 2.00 bits per heavy atom. The van der Waals surface area contributed by atoms with Crippen molar-refractivity contribution >= 4 is 23.3 Å². The molecule has 1 aliphatic heterocycles. The van der Waals surface area contributed by atoms with E-state index in [0.29, 0.717) is 18.4 Å². The normalized spacial score (nSPS) is 13.7. The summed E-state index contributed by atoms with van der Waals surface area (Å²) in [6.07, 6.45) is 8.63. The molecule has 8 heteroatoms. The molecule has 172 valence electrons. The molecule has 2 aromatic heterocycles. The van der Waals surface area contributed by atoms with Gasteiger partial charge in [0.1, 0.15) is 11.0 Å². The van der Waals surface area contributed by atoms with Gasteiger partial charge in [-0.3, -0.25) is 4.79 Å². The molecule has 32 heavy (non-hydrogen) atoms. The summed E-state index contributed by atoms with van der Waals surface area (Å²) in [7, 11) is 0. The standard InChI is InChI=1S/C23H31N5O.CH2O2/c1-2-3-13-29-23-26-20-19(16-25-21(20)22(24)27-23)15-18-8-6-7-17(14-18)9-12-28-10-4-5-11-28;2-1-3/h6-8,14,16,25H,2-5,9-13,15H2,1H3,(H2,24,26,27);1H,(H,2,3). The number of anilines is 1. The summed E-state index contributed by atoms with van der Waals surface area (Å²) in [6, 6.07) is 9.25. The molecule has 8 nitrogen and oxygen atoms in total. The Morgan fingerprint density at radius 3 is 2.75 bits per heavy atom. The molecule has 0 amide bonds. The average Bonchev–Trinajstić information content (AvgIpc) is 3.44. The summed E-state index contributed by atoms with van der Waals surface area (Å²) >= 11 is 0. The quantitative estimate of drug-likeness (QED) is 0.344. The van der Waals surface area contributed by atoms with E-state index in [1.54, 1.807) is 0 Å². The Hall–Kier alpha value is -3.13. The van der Waals surface area contributed by atoms with Crippen LogP contribution >= 0.6 is 0 Å². The first-order chi connectivity index (χ1) is 15.6. The van der Waals surface area contributed by atoms with E-state index in [9.17, 15) is 0 Å². The van der Waals surface area contributed by atoms with Crippen LogP contribution in [-0.2, 0) is 17.6 Å². The van der Waals surface area contributed by atoms with Crippen molar-refractivity contribution in [3.05, 3.63) is 47.2 Å². The Labute approximate surface area is 188 Å². The zero-order chi connectivity index (χ0) is 22.8. The maximum Gasteiger partial charge on any atom is 0.319 e. The molecule has 1 saturated heterocycles. The zero-order valence-electron chi connectivity index (χ0n) is 18.7. The van der Waals surface area contributed by atoms with Gasteiger partial charge in [-0.2, -0.15) is 9.97 Å². The Bertz CT molecular complexity index is 998. The molecule has 1 fully saturated rings. The second-order valence-corrected chi connectivity index (χ2v) is 8.03. The minimum atomic E-state index is -0.250. The highest BCUT2D eigenvalue weighted by Crippen LogP contribution is 2.25. The van der Waals surface area contributed by atoms with Gasteiger partial charge in [0.2, 0.25) is 0 Å². The molecule has 1 aromatic carbocycles. The molecule has 4 N–H and O–H groups in total. The molecular weight excluding hydrogens is 406 g/mol. The van der Waals surface area contributed by atoms with Crippen molar-refractivity contribution in [1.82, 2.24) is 19.9 Å². The number of aromatic amines is 1. The minimum absolute atomic E-state index is 0.250. The van der Waals surface area contributed by atoms with Crippen molar-refractivity contribution in [3.8, 4) is 6.01 Å². The number of nitrogen functional groups attached to an aromatic ring is 1. The fourth-order valence-electron chi connectivity index (χ4n) is 3.97. The molecule has 0 bridgehead atoms. The number of hydrogen-bond acceptors (Lipinski definition) is 6. The topological polar surface area (TPSA) is 117 Å². The number of unbranched alkanes of at least 4 members (excludes halogenated alkanes) is 1. The van der Waals surface area contributed by atoms with E-state index in [2.05, 4.69) is 51.0 Å². The van der Waals surface area contributed by atoms with Crippen LogP contribution in [0.15, 0.2) is 30.5 Å². The summed E-state index contributed by atoms with van der Waals surface area (Å²) in [5.41, 5.74) is 11.6. The molecule has 1 aliphatic rings. The smallest absolute Gasteiger partial charge is 0.319 e. The predicted octanol–water partition coefficient (Wildman–Crippen LogP) is 3.65. The lowest BCUT2D eigenvalue weighted by atomic mass is 10.0. The van der Waals surface area contributed by atoms with Crippen molar-refractivity contribution in [1.29, 1.82) is 0 Å². The van der Waals surface area contributed by atoms with Crippen molar-refractivity contribution in [2.45, 2.75) is 45.4 Å². The number of H-pyrrole nitrogens is 1. The van der Waals surface area contributed by atoms with Crippen LogP contribution in [0.3, 0.4) is 0 Å². The molecule has 0 unspecified atom stereocenters. The number of fused-ring (bicyclic) bond motifs is 1. The number of carboxylic acid groups (broad SMARTS) is 1. The molecule has 0 radical (unpaired) electrons. The Kier molecular flexibility index (Phi) is 8.86. The summed E-state index contributed by atoms with van der Waals surface area (Å²) in [5.74, 6) is 0.437. The zero-order valence-corrected chi connectivity index (χ0v) is 18.7. The van der Waals surface area contributed by atoms with Crippen LogP contribution < -0.4 is 10.5 Å². The van der Waals surface area contributed by atoms with Gasteiger partial charge in [-0.15, -0.1) is 0 Å². The third-order valence-electron chi connectivity index (χ3n) is 5.64. The van der Waals surface area contributed by atoms with Gasteiger partial charge in [-0.25, -0.2) is 0 Å². The molecule has 0 atom stereocenters. The number of benzene rings is 1. The summed E-state index contributed by atoms with van der Waals surface area (Å²) in [6.45, 7) is 6.14. The summed E-state index contributed by atoms with van der Waals surface area (Å²) in [5, 5.41) is 6.89. The van der Waals surface area contributed by atoms with Gasteiger partial charge in [0.05, 0.1) is 6.61 Å². The lowest BCUT2D eigenvalue weighted by molar-refractivity contribution is -0.122. The third-order valence-corrected chi connectivity index (χ3v) is 5.64. The lowest BCUT2D eigenvalue weighted by Crippen LogP contribution is -2.21. The van der Waals surface area contributed by atoms with E-state index in [1.807, 2.05) is 6.20 Å². The summed E-state index contributed by atoms with van der Waals surface area (Å²) < 4.78 is 5.69. The van der Waals surface area contributed by atoms with Crippen LogP contribution in [0.4, 0.5) is 5.82 Å². The second kappa shape index (κ2) is 12.0. The SMILES string of the molecule is CCCCOc1nc(N)c2[nH]cc(Cc3cccc(CCN4CCCC4)c3)c2n1.O=CO. The van der Waals surface area contributed by atoms with E-state index in [-0.39, 0.29) is 6.47 Å². The van der Waals surface area contributed by atoms with Crippen LogP contribution in [0, 0.1) is 0 Å². The Morgan fingerprint density at radius 1 is 1.25 bits per heavy atom. The van der Waals surface area contributed by atoms with Gasteiger partial charge in [0, 0.05) is 24.7 Å². The summed E-state index contributed by atoms with van der Waals surface area (Å²) in [4.78, 5) is 23.1. The molecule has 4 rings (SSSR count). The first-order valence-electron chi connectivity index (χ1n) is 11.3. The second-order valence-electron chi connectivity index (χ2n) is 8.03. The molecule has 0 aliphatic carbocycles. The monoisotopic (exact) mass is 439 g/mol. The molecule has 3 aromatic rings. The first-order valence-corrected chi connectivity index (χ1v) is 11.3. The van der Waals surface area contributed by atoms with Gasteiger partial charge in [-0.05, 0) is 49.9 Å². The molecule has 0 spiro atoms. The molecular formula is C24H33N5O3. The van der Waals surface area contributed by atoms with E-state index >= 15 is 0 Å². The number of nitrogens with zero attached hydrogens (tertiary/aromatic N) is 3. The van der Waals surface area contributed by atoms with Crippen molar-refractivity contribution in [3.63, 3.8) is 0 Å². The predicted molar refractivity (Wildman–Crippen MR) is 126 cm³/mol. The van der Waals surface area contributed by atoms with Gasteiger partial charge in [-0.1, -0.05) is 37.6 Å². The lowest BCUT2D eigenvalue weighted by Gasteiger charge is -2.14. The maximum atomic E-state index is 8.36. The highest BCUT2D eigenvalue weighted by atomic mass is 16.5. The number of rotatable bonds is 9. The largest absolute Gasteiger partial charge is 0.483 e. The Balaban J connectivity index is 0.000000913. The van der Waals surface area contributed by atoms with Crippen LogP contribution in [-0.4, -0.2) is 57.7 Å². The fourth-order valence-corrected chi connectivity index (χ4v) is 3.97. The van der Waals surface area contributed by atoms with Crippen molar-refractivity contribution in [2.75, 3.05) is 32.0 Å². The van der Waals surface area contributed by atoms with Gasteiger partial charge in [0.15, 0.2) is 5.82 Å². The number of ether oxygens (including phenoxy) is 1. The van der Waals surface area contributed by atoms with E-state index < -0.39 is 0 Å². The average molecular weight is 440 g/mol. The molecule has 0 saturated carbocycles. The fraction of sp³-hybridized carbons (Fsp3) is 0.458. The highest BCUT2D eigenvalue weighted by Gasteiger charge is 2.14. The number of nitrogens with one attached hydrogen (secondary N) is 1. The van der Waals surface area contributed by atoms with Gasteiger partial charge in [0.25, 0.3) is 6.47 Å². The van der Waals surface area contributed by atoms with Crippen LogP contribution in [0.1, 0.15) is 49.3 Å². The van der Waals surface area contributed by atoms with Crippen LogP contribution in [0.25, 0.3) is 11.0 Å². The van der Waals surface area contributed by atoms with E-state index in [4.69, 9.17) is 20.4 Å². The van der Waals surface area contributed by atoms with Crippen molar-refractivity contribution in [2.24, 2.45) is 0 Å². The van der Waals surface area contributed by atoms with Crippen molar-refractivity contribution < 1.29 is 14.6 Å². The maximum absolute atomic E-state index is 8.36. The minimum Gasteiger partial charge on any atom is -0.483 e. The third kappa shape index (κ3) is 6.43. The number of hydrogen-bond donors (Lipinski definition) is 3. The van der Waals surface area contributed by atoms with E-state index in [0.717, 1.165) is 48.8 Å². The van der Waals surface area contributed by atoms with Gasteiger partial charge < -0.3 is 25.5 Å². The first kappa shape index (κ1) is 23.5. The number of nitrogens with two attached hydrogens (primary N) is 1. The van der Waals surface area contributed by atoms with Crippen LogP contribution in [0.5, 0.6) is 6.01 Å². The van der Waals surface area contributed by atoms with Gasteiger partial charge >= 0.3 is 6.01 Å².